The van der Waals surface area contributed by atoms with E-state index in [2.05, 4.69) is 11.6 Å². The maximum absolute atomic E-state index is 15.1. The number of aromatic nitrogens is 2. The fourth-order valence-corrected chi connectivity index (χ4v) is 7.45. The largest absolute Gasteiger partial charge is 0.417 e. The first-order chi connectivity index (χ1) is 19.3. The summed E-state index contributed by atoms with van der Waals surface area (Å²) in [6.45, 7) is 7.90. The van der Waals surface area contributed by atoms with E-state index in [1.807, 2.05) is 13.8 Å². The van der Waals surface area contributed by atoms with E-state index in [1.165, 1.54) is 17.8 Å². The SMILES string of the molecule is C=CC(=O)C1[C@H](C)CN(c2nc(=O)n3c4c(c(-c5ccc(F)cc5F)c(C(F)(F)F)cc24)SC[C@@H](OC)C3)C[C@@H]1C. The van der Waals surface area contributed by atoms with Crippen LogP contribution in [0.5, 0.6) is 0 Å². The summed E-state index contributed by atoms with van der Waals surface area (Å²) in [7, 11) is 1.43. The third kappa shape index (κ3) is 5.16. The zero-order valence-corrected chi connectivity index (χ0v) is 23.4. The van der Waals surface area contributed by atoms with E-state index in [9.17, 15) is 27.2 Å². The van der Waals surface area contributed by atoms with Gasteiger partial charge in [-0.15, -0.1) is 11.8 Å². The van der Waals surface area contributed by atoms with Gasteiger partial charge in [0.15, 0.2) is 5.78 Å². The van der Waals surface area contributed by atoms with Crippen molar-refractivity contribution < 1.29 is 31.5 Å². The molecule has 12 heteroatoms. The zero-order valence-electron chi connectivity index (χ0n) is 22.6. The molecule has 2 aliphatic rings. The van der Waals surface area contributed by atoms with Crippen LogP contribution in [0.2, 0.25) is 0 Å². The molecule has 3 heterocycles. The van der Waals surface area contributed by atoms with Crippen LogP contribution in [0.1, 0.15) is 19.4 Å². The number of piperidine rings is 1. The molecule has 3 aromatic rings. The first kappa shape index (κ1) is 29.2. The van der Waals surface area contributed by atoms with Gasteiger partial charge in [0.05, 0.1) is 23.7 Å². The number of methoxy groups -OCH3 is 1. The van der Waals surface area contributed by atoms with Crippen molar-refractivity contribution in [3.05, 3.63) is 64.6 Å². The molecule has 0 radical (unpaired) electrons. The Balaban J connectivity index is 1.83. The molecule has 1 saturated heterocycles. The van der Waals surface area contributed by atoms with Gasteiger partial charge in [0.2, 0.25) is 0 Å². The van der Waals surface area contributed by atoms with Crippen LogP contribution >= 0.6 is 11.8 Å². The number of carbonyl (C=O) groups is 1. The number of ketones is 1. The van der Waals surface area contributed by atoms with Crippen LogP contribution in [0.3, 0.4) is 0 Å². The van der Waals surface area contributed by atoms with Crippen molar-refractivity contribution in [1.29, 1.82) is 0 Å². The lowest BCUT2D eigenvalue weighted by atomic mass is 9.76. The average molecular weight is 594 g/mol. The van der Waals surface area contributed by atoms with Crippen molar-refractivity contribution >= 4 is 34.3 Å². The van der Waals surface area contributed by atoms with E-state index in [0.29, 0.717) is 6.07 Å². The fourth-order valence-electron chi connectivity index (χ4n) is 6.13. The number of rotatable bonds is 5. The highest BCUT2D eigenvalue weighted by atomic mass is 32.2. The summed E-state index contributed by atoms with van der Waals surface area (Å²) >= 11 is 1.02. The molecule has 4 atom stereocenters. The average Bonchev–Trinajstić information content (AvgIpc) is 3.10. The summed E-state index contributed by atoms with van der Waals surface area (Å²) in [6.07, 6.45) is -4.18. The van der Waals surface area contributed by atoms with Gasteiger partial charge in [-0.25, -0.2) is 13.6 Å². The quantitative estimate of drug-likeness (QED) is 0.270. The summed E-state index contributed by atoms with van der Waals surface area (Å²) in [4.78, 5) is 32.1. The predicted octanol–water partition coefficient (Wildman–Crippen LogP) is 5.94. The van der Waals surface area contributed by atoms with E-state index in [4.69, 9.17) is 4.74 Å². The molecule has 218 valence electrons. The monoisotopic (exact) mass is 593 g/mol. The number of thioether (sulfide) groups is 1. The predicted molar refractivity (Wildman–Crippen MR) is 147 cm³/mol. The fraction of sp³-hybridized carbons (Fsp3) is 0.414. The van der Waals surface area contributed by atoms with Gasteiger partial charge in [-0.1, -0.05) is 20.4 Å². The third-order valence-corrected chi connectivity index (χ3v) is 9.13. The first-order valence-corrected chi connectivity index (χ1v) is 14.0. The Morgan fingerprint density at radius 2 is 1.83 bits per heavy atom. The number of hydrogen-bond acceptors (Lipinski definition) is 6. The van der Waals surface area contributed by atoms with Crippen LogP contribution in [0.4, 0.5) is 27.8 Å². The smallest absolute Gasteiger partial charge is 0.379 e. The summed E-state index contributed by atoms with van der Waals surface area (Å²) in [5.41, 5.74) is -2.53. The van der Waals surface area contributed by atoms with Crippen LogP contribution in [0, 0.1) is 29.4 Å². The molecule has 2 aromatic carbocycles. The maximum atomic E-state index is 15.1. The minimum absolute atomic E-state index is 0.0263. The lowest BCUT2D eigenvalue weighted by Crippen LogP contribution is -2.48. The second kappa shape index (κ2) is 10.9. The molecule has 0 spiro atoms. The normalized spacial score (nSPS) is 23.0. The molecule has 0 bridgehead atoms. The number of alkyl halides is 3. The number of anilines is 1. The summed E-state index contributed by atoms with van der Waals surface area (Å²) in [6, 6.07) is 3.32. The van der Waals surface area contributed by atoms with E-state index in [0.717, 1.165) is 30.0 Å². The van der Waals surface area contributed by atoms with Crippen molar-refractivity contribution in [2.24, 2.45) is 17.8 Å². The number of allylic oxidation sites excluding steroid dienone is 1. The molecule has 0 amide bonds. The van der Waals surface area contributed by atoms with Crippen LogP contribution in [0.15, 0.2) is 46.6 Å². The minimum atomic E-state index is -4.92. The van der Waals surface area contributed by atoms with Crippen LogP contribution < -0.4 is 10.6 Å². The first-order valence-electron chi connectivity index (χ1n) is 13.1. The number of nitrogens with zero attached hydrogens (tertiary/aromatic N) is 3. The molecule has 0 N–H and O–H groups in total. The Hall–Kier alpha value is -3.25. The van der Waals surface area contributed by atoms with Crippen molar-refractivity contribution in [2.75, 3.05) is 30.9 Å². The Labute approximate surface area is 237 Å². The summed E-state index contributed by atoms with van der Waals surface area (Å²) < 4.78 is 79.8. The van der Waals surface area contributed by atoms with E-state index in [1.54, 1.807) is 4.90 Å². The summed E-state index contributed by atoms with van der Waals surface area (Å²) in [5, 5.41) is 0.0790. The molecule has 1 fully saturated rings. The zero-order chi connectivity index (χ0) is 29.8. The molecular weight excluding hydrogens is 565 g/mol. The second-order valence-corrected chi connectivity index (χ2v) is 11.7. The highest BCUT2D eigenvalue weighted by molar-refractivity contribution is 7.99. The van der Waals surface area contributed by atoms with Gasteiger partial charge in [-0.2, -0.15) is 18.2 Å². The molecular formula is C29H28F5N3O3S. The van der Waals surface area contributed by atoms with Crippen molar-refractivity contribution in [3.63, 3.8) is 0 Å². The van der Waals surface area contributed by atoms with Gasteiger partial charge >= 0.3 is 11.9 Å². The van der Waals surface area contributed by atoms with E-state index < -0.39 is 46.3 Å². The van der Waals surface area contributed by atoms with Crippen LogP contribution in [0.25, 0.3) is 22.0 Å². The Bertz CT molecular complexity index is 1590. The Morgan fingerprint density at radius 3 is 2.41 bits per heavy atom. The van der Waals surface area contributed by atoms with Crippen molar-refractivity contribution in [2.45, 2.75) is 37.6 Å². The van der Waals surface area contributed by atoms with Gasteiger partial charge in [0.25, 0.3) is 0 Å². The van der Waals surface area contributed by atoms with Crippen LogP contribution in [-0.4, -0.2) is 47.4 Å². The highest BCUT2D eigenvalue weighted by Gasteiger charge is 2.41. The maximum Gasteiger partial charge on any atom is 0.417 e. The number of halogens is 5. The molecule has 6 nitrogen and oxygen atoms in total. The highest BCUT2D eigenvalue weighted by Crippen LogP contribution is 2.49. The molecule has 0 aliphatic carbocycles. The molecule has 41 heavy (non-hydrogen) atoms. The molecule has 5 rings (SSSR count). The van der Waals surface area contributed by atoms with Gasteiger partial charge in [-0.3, -0.25) is 9.36 Å². The second-order valence-electron chi connectivity index (χ2n) is 10.6. The molecule has 1 unspecified atom stereocenters. The van der Waals surface area contributed by atoms with Gasteiger partial charge in [-0.05, 0) is 36.1 Å². The van der Waals surface area contributed by atoms with Crippen molar-refractivity contribution in [1.82, 2.24) is 9.55 Å². The van der Waals surface area contributed by atoms with Gasteiger partial charge < -0.3 is 9.64 Å². The van der Waals surface area contributed by atoms with Gasteiger partial charge in [0, 0.05) is 59.3 Å². The standard InChI is InChI=1S/C29H28F5N3O3S/c1-5-22(38)23-14(2)10-36(11-15(23)3)27-19-9-20(29(32,33)34)24(18-7-6-16(30)8-21(18)31)26-25(19)37(28(39)35-27)12-17(40-4)13-41-26/h5-9,14-15,17,23H,1,10-13H2,2-4H3/t14-,15+,17-,23?/m0/s1. The Morgan fingerprint density at radius 1 is 1.15 bits per heavy atom. The lowest BCUT2D eigenvalue weighted by Gasteiger charge is -2.41. The van der Waals surface area contributed by atoms with Gasteiger partial charge in [0.1, 0.15) is 17.5 Å². The van der Waals surface area contributed by atoms with E-state index >= 15 is 4.39 Å². The van der Waals surface area contributed by atoms with E-state index in [-0.39, 0.29) is 70.5 Å². The lowest BCUT2D eigenvalue weighted by molar-refractivity contribution is -0.137. The minimum Gasteiger partial charge on any atom is -0.379 e. The van der Waals surface area contributed by atoms with Crippen molar-refractivity contribution in [3.8, 4) is 11.1 Å². The molecule has 0 saturated carbocycles. The molecule has 1 aromatic heterocycles. The Kier molecular flexibility index (Phi) is 7.75. The number of carbonyl (C=O) groups excluding carboxylic acids is 1. The van der Waals surface area contributed by atoms with Crippen LogP contribution in [-0.2, 0) is 22.3 Å². The number of ether oxygens (including phenoxy) is 1. The third-order valence-electron chi connectivity index (χ3n) is 7.91. The number of benzene rings is 2. The molecule has 2 aliphatic heterocycles. The topological polar surface area (TPSA) is 64.4 Å². The number of hydrogen-bond donors (Lipinski definition) is 0. The summed E-state index contributed by atoms with van der Waals surface area (Å²) in [5.74, 6) is -2.66.